The van der Waals surface area contributed by atoms with Crippen LogP contribution in [0.2, 0.25) is 0 Å². The Bertz CT molecular complexity index is 792. The molecule has 1 saturated heterocycles. The maximum Gasteiger partial charge on any atom is 0.221 e. The third-order valence-electron chi connectivity index (χ3n) is 5.42. The molecule has 0 aliphatic carbocycles. The number of benzene rings is 1. The number of aromatic nitrogens is 2. The molecule has 0 bridgehead atoms. The Morgan fingerprint density at radius 1 is 1.32 bits per heavy atom. The Labute approximate surface area is 167 Å². The fourth-order valence-corrected chi connectivity index (χ4v) is 3.96. The third kappa shape index (κ3) is 5.42. The van der Waals surface area contributed by atoms with E-state index in [4.69, 9.17) is 5.73 Å². The highest BCUT2D eigenvalue weighted by molar-refractivity contribution is 5.76. The summed E-state index contributed by atoms with van der Waals surface area (Å²) in [5.41, 5.74) is 10.5. The molecule has 4 N–H and O–H groups in total. The van der Waals surface area contributed by atoms with Gasteiger partial charge in [-0.05, 0) is 30.5 Å². The van der Waals surface area contributed by atoms with Gasteiger partial charge in [0.1, 0.15) is 0 Å². The second-order valence-corrected chi connectivity index (χ2v) is 8.92. The lowest BCUT2D eigenvalue weighted by atomic mass is 9.89. The number of primary amides is 1. The van der Waals surface area contributed by atoms with Gasteiger partial charge in [0, 0.05) is 42.9 Å². The zero-order chi connectivity index (χ0) is 20.1. The molecule has 1 amide bonds. The number of aromatic amines is 1. The standard InChI is InChI=1S/C22H33N5O/c1-22(2,3)20-19(13-25-26-20)12-24-11-16-6-4-7-17(10-16)14-27-9-5-8-18(15-27)21(23)28/h4,6-7,10,13,18,24H,5,8-9,11-12,14-15H2,1-3H3,(H2,23,28)(H,25,26)/t18-/m0/s1. The summed E-state index contributed by atoms with van der Waals surface area (Å²) >= 11 is 0. The van der Waals surface area contributed by atoms with Crippen molar-refractivity contribution in [2.24, 2.45) is 11.7 Å². The van der Waals surface area contributed by atoms with Gasteiger partial charge in [-0.25, -0.2) is 0 Å². The highest BCUT2D eigenvalue weighted by Gasteiger charge is 2.24. The zero-order valence-electron chi connectivity index (χ0n) is 17.3. The number of nitrogens with zero attached hydrogens (tertiary/aromatic N) is 2. The first-order chi connectivity index (χ1) is 13.3. The number of amides is 1. The summed E-state index contributed by atoms with van der Waals surface area (Å²) in [7, 11) is 0. The largest absolute Gasteiger partial charge is 0.369 e. The monoisotopic (exact) mass is 383 g/mol. The number of carbonyl (C=O) groups excluding carboxylic acids is 1. The number of hydrogen-bond donors (Lipinski definition) is 3. The average Bonchev–Trinajstić information content (AvgIpc) is 3.11. The van der Waals surface area contributed by atoms with Crippen LogP contribution < -0.4 is 11.1 Å². The van der Waals surface area contributed by atoms with Crippen LogP contribution in [0.25, 0.3) is 0 Å². The van der Waals surface area contributed by atoms with E-state index >= 15 is 0 Å². The molecule has 2 aromatic rings. The molecule has 28 heavy (non-hydrogen) atoms. The first-order valence-electron chi connectivity index (χ1n) is 10.2. The van der Waals surface area contributed by atoms with E-state index in [1.165, 1.54) is 22.4 Å². The topological polar surface area (TPSA) is 87.0 Å². The Morgan fingerprint density at radius 2 is 2.11 bits per heavy atom. The Hall–Kier alpha value is -2.18. The Morgan fingerprint density at radius 3 is 2.86 bits per heavy atom. The van der Waals surface area contributed by atoms with Gasteiger partial charge in [-0.2, -0.15) is 5.10 Å². The van der Waals surface area contributed by atoms with Gasteiger partial charge < -0.3 is 11.1 Å². The van der Waals surface area contributed by atoms with Crippen LogP contribution in [0.5, 0.6) is 0 Å². The van der Waals surface area contributed by atoms with E-state index in [0.717, 1.165) is 45.6 Å². The highest BCUT2D eigenvalue weighted by Crippen LogP contribution is 2.23. The van der Waals surface area contributed by atoms with Crippen molar-refractivity contribution in [2.45, 2.75) is 58.7 Å². The number of rotatable bonds is 7. The Balaban J connectivity index is 1.54. The molecule has 1 aliphatic rings. The van der Waals surface area contributed by atoms with Crippen LogP contribution in [0.4, 0.5) is 0 Å². The zero-order valence-corrected chi connectivity index (χ0v) is 17.3. The minimum Gasteiger partial charge on any atom is -0.369 e. The maximum atomic E-state index is 11.5. The maximum absolute atomic E-state index is 11.5. The second-order valence-electron chi connectivity index (χ2n) is 8.92. The van der Waals surface area contributed by atoms with Crippen LogP contribution in [0.1, 0.15) is 56.0 Å². The lowest BCUT2D eigenvalue weighted by Crippen LogP contribution is -2.40. The van der Waals surface area contributed by atoms with E-state index in [1.807, 2.05) is 6.20 Å². The molecule has 1 atom stereocenters. The molecular weight excluding hydrogens is 350 g/mol. The Kier molecular flexibility index (Phi) is 6.52. The van der Waals surface area contributed by atoms with Crippen molar-refractivity contribution in [1.29, 1.82) is 0 Å². The third-order valence-corrected chi connectivity index (χ3v) is 5.42. The van der Waals surface area contributed by atoms with Crippen molar-refractivity contribution in [3.63, 3.8) is 0 Å². The van der Waals surface area contributed by atoms with Gasteiger partial charge in [-0.15, -0.1) is 0 Å². The summed E-state index contributed by atoms with van der Waals surface area (Å²) in [5, 5.41) is 10.9. The molecule has 0 saturated carbocycles. The van der Waals surface area contributed by atoms with Crippen LogP contribution in [-0.2, 0) is 29.8 Å². The smallest absolute Gasteiger partial charge is 0.221 e. The summed E-state index contributed by atoms with van der Waals surface area (Å²) in [6.07, 6.45) is 3.87. The van der Waals surface area contributed by atoms with Crippen molar-refractivity contribution in [3.05, 3.63) is 52.8 Å². The van der Waals surface area contributed by atoms with E-state index < -0.39 is 0 Å². The summed E-state index contributed by atoms with van der Waals surface area (Å²) in [5.74, 6) is -0.179. The van der Waals surface area contributed by atoms with Crippen LogP contribution in [0, 0.1) is 5.92 Å². The van der Waals surface area contributed by atoms with Crippen LogP contribution in [0.3, 0.4) is 0 Å². The predicted molar refractivity (Wildman–Crippen MR) is 111 cm³/mol. The van der Waals surface area contributed by atoms with Crippen molar-refractivity contribution in [2.75, 3.05) is 13.1 Å². The molecule has 6 heteroatoms. The molecule has 1 fully saturated rings. The SMILES string of the molecule is CC(C)(C)c1[nH]ncc1CNCc1cccc(CN2CCC[C@H](C(N)=O)C2)c1. The quantitative estimate of drug-likeness (QED) is 0.686. The molecule has 1 aliphatic heterocycles. The second kappa shape index (κ2) is 8.88. The first kappa shape index (κ1) is 20.6. The summed E-state index contributed by atoms with van der Waals surface area (Å²) in [6, 6.07) is 8.67. The lowest BCUT2D eigenvalue weighted by Gasteiger charge is -2.31. The number of piperidine rings is 1. The lowest BCUT2D eigenvalue weighted by molar-refractivity contribution is -0.123. The van der Waals surface area contributed by atoms with Crippen molar-refractivity contribution < 1.29 is 4.79 Å². The molecule has 152 valence electrons. The number of H-pyrrole nitrogens is 1. The number of hydrogen-bond acceptors (Lipinski definition) is 4. The molecule has 3 rings (SSSR count). The molecule has 2 heterocycles. The van der Waals surface area contributed by atoms with Gasteiger partial charge in [0.15, 0.2) is 0 Å². The molecule has 0 unspecified atom stereocenters. The highest BCUT2D eigenvalue weighted by atomic mass is 16.1. The minimum atomic E-state index is -0.170. The molecule has 6 nitrogen and oxygen atoms in total. The van der Waals surface area contributed by atoms with Gasteiger partial charge in [-0.1, -0.05) is 45.0 Å². The number of carbonyl (C=O) groups is 1. The fourth-order valence-electron chi connectivity index (χ4n) is 3.96. The fraction of sp³-hybridized carbons (Fsp3) is 0.545. The summed E-state index contributed by atoms with van der Waals surface area (Å²) in [6.45, 7) is 10.8. The van der Waals surface area contributed by atoms with Crippen LogP contribution in [0.15, 0.2) is 30.5 Å². The normalized spacial score (nSPS) is 18.3. The van der Waals surface area contributed by atoms with Gasteiger partial charge in [-0.3, -0.25) is 14.8 Å². The summed E-state index contributed by atoms with van der Waals surface area (Å²) < 4.78 is 0. The van der Waals surface area contributed by atoms with Crippen LogP contribution >= 0.6 is 0 Å². The number of likely N-dealkylation sites (tertiary alicyclic amines) is 1. The van der Waals surface area contributed by atoms with E-state index in [9.17, 15) is 4.79 Å². The minimum absolute atomic E-state index is 0.00873. The predicted octanol–water partition coefficient (Wildman–Crippen LogP) is 2.69. The van der Waals surface area contributed by atoms with E-state index in [0.29, 0.717) is 0 Å². The molecule has 0 spiro atoms. The van der Waals surface area contributed by atoms with E-state index in [1.54, 1.807) is 0 Å². The van der Waals surface area contributed by atoms with Gasteiger partial charge in [0.2, 0.25) is 5.91 Å². The van der Waals surface area contributed by atoms with Gasteiger partial charge in [0.05, 0.1) is 12.1 Å². The van der Waals surface area contributed by atoms with Crippen molar-refractivity contribution >= 4 is 5.91 Å². The van der Waals surface area contributed by atoms with Crippen molar-refractivity contribution in [1.82, 2.24) is 20.4 Å². The van der Waals surface area contributed by atoms with Gasteiger partial charge >= 0.3 is 0 Å². The van der Waals surface area contributed by atoms with Crippen molar-refractivity contribution in [3.8, 4) is 0 Å². The van der Waals surface area contributed by atoms with E-state index in [2.05, 4.69) is 65.5 Å². The number of nitrogens with two attached hydrogens (primary N) is 1. The average molecular weight is 384 g/mol. The first-order valence-corrected chi connectivity index (χ1v) is 10.2. The summed E-state index contributed by atoms with van der Waals surface area (Å²) in [4.78, 5) is 13.8. The van der Waals surface area contributed by atoms with Crippen LogP contribution in [-0.4, -0.2) is 34.1 Å². The molecule has 1 aromatic heterocycles. The molecule has 0 radical (unpaired) electrons. The molecular formula is C22H33N5O. The molecule has 1 aromatic carbocycles. The van der Waals surface area contributed by atoms with E-state index in [-0.39, 0.29) is 17.2 Å². The number of nitrogens with one attached hydrogen (secondary N) is 2. The van der Waals surface area contributed by atoms with Gasteiger partial charge in [0.25, 0.3) is 0 Å².